The minimum absolute atomic E-state index is 0.0112. The Bertz CT molecular complexity index is 1720. The number of phenols is 6. The van der Waals surface area contributed by atoms with Gasteiger partial charge >= 0.3 is 5.79 Å². The second-order valence-corrected chi connectivity index (χ2v) is 10.4. The molecular formula is C30H24O11. The Hall–Kier alpha value is -5.00. The molecule has 4 aromatic carbocycles. The van der Waals surface area contributed by atoms with E-state index in [1.165, 1.54) is 54.6 Å². The van der Waals surface area contributed by atoms with Crippen LogP contribution in [-0.4, -0.2) is 53.1 Å². The topological polar surface area (TPSA) is 190 Å². The van der Waals surface area contributed by atoms with E-state index in [1.807, 2.05) is 0 Å². The van der Waals surface area contributed by atoms with Crippen molar-refractivity contribution in [1.29, 1.82) is 0 Å². The van der Waals surface area contributed by atoms with Gasteiger partial charge in [-0.25, -0.2) is 0 Å². The van der Waals surface area contributed by atoms with Crippen LogP contribution in [0.4, 0.5) is 0 Å². The van der Waals surface area contributed by atoms with Crippen molar-refractivity contribution >= 4 is 0 Å². The molecule has 0 aromatic heterocycles. The first-order chi connectivity index (χ1) is 19.6. The maximum absolute atomic E-state index is 11.7. The lowest BCUT2D eigenvalue weighted by Gasteiger charge is -2.50. The summed E-state index contributed by atoms with van der Waals surface area (Å²) in [7, 11) is 0. The zero-order valence-electron chi connectivity index (χ0n) is 21.1. The van der Waals surface area contributed by atoms with Crippen LogP contribution in [0.5, 0.6) is 51.7 Å². The molecular weight excluding hydrogens is 536 g/mol. The molecule has 3 aliphatic rings. The number of aliphatic hydroxyl groups is 2. The number of hydrogen-bond acceptors (Lipinski definition) is 11. The summed E-state index contributed by atoms with van der Waals surface area (Å²) in [5.74, 6) is -4.55. The Morgan fingerprint density at radius 3 is 2.07 bits per heavy atom. The Morgan fingerprint density at radius 1 is 0.659 bits per heavy atom. The minimum Gasteiger partial charge on any atom is -0.508 e. The average Bonchev–Trinajstić information content (AvgIpc) is 2.91. The number of benzene rings is 4. The minimum atomic E-state index is -1.92. The Labute approximate surface area is 231 Å². The Balaban J connectivity index is 1.42. The second-order valence-electron chi connectivity index (χ2n) is 10.4. The maximum atomic E-state index is 11.7. The fraction of sp³-hybridized carbons (Fsp3) is 0.200. The third-order valence-electron chi connectivity index (χ3n) is 7.94. The third kappa shape index (κ3) is 3.52. The summed E-state index contributed by atoms with van der Waals surface area (Å²) in [5.41, 5.74) is 1.14. The van der Waals surface area contributed by atoms with Crippen molar-refractivity contribution in [3.63, 3.8) is 0 Å². The standard InChI is InChI=1S/C30H24O11/c31-14-4-2-13(3-5-14)30-29(38)26(24-19(35)8-15(32)9-22(24)40-30)25-23(41-30)11-21-16(27(25)37)10-20(36)28(39-21)12-1-6-17(33)18(34)7-12/h1-9,11,20,26,28-29,31-38H,10H2/t20-,26-,28-,29-,30+/m1/s1. The van der Waals surface area contributed by atoms with E-state index in [2.05, 4.69) is 0 Å². The third-order valence-corrected chi connectivity index (χ3v) is 7.94. The van der Waals surface area contributed by atoms with Crippen LogP contribution in [0.3, 0.4) is 0 Å². The smallest absolute Gasteiger partial charge is 0.305 e. The van der Waals surface area contributed by atoms with Crippen molar-refractivity contribution < 1.29 is 55.1 Å². The molecule has 2 bridgehead atoms. The number of rotatable bonds is 2. The molecule has 5 atom stereocenters. The zero-order chi connectivity index (χ0) is 28.8. The van der Waals surface area contributed by atoms with E-state index in [0.717, 1.165) is 6.07 Å². The van der Waals surface area contributed by atoms with Crippen LogP contribution in [0, 0.1) is 0 Å². The summed E-state index contributed by atoms with van der Waals surface area (Å²) in [5, 5.41) is 84.8. The molecule has 0 saturated carbocycles. The van der Waals surface area contributed by atoms with Crippen LogP contribution >= 0.6 is 0 Å². The van der Waals surface area contributed by atoms with Crippen molar-refractivity contribution in [2.75, 3.05) is 0 Å². The second kappa shape index (κ2) is 8.50. The summed E-state index contributed by atoms with van der Waals surface area (Å²) in [6.45, 7) is 0. The lowest BCUT2D eigenvalue weighted by Crippen LogP contribution is -2.57. The molecule has 4 aromatic rings. The highest BCUT2D eigenvalue weighted by atomic mass is 16.7. The van der Waals surface area contributed by atoms with E-state index in [0.29, 0.717) is 11.1 Å². The lowest BCUT2D eigenvalue weighted by molar-refractivity contribution is -0.218. The summed E-state index contributed by atoms with van der Waals surface area (Å²) in [4.78, 5) is 0. The van der Waals surface area contributed by atoms with E-state index in [9.17, 15) is 40.9 Å². The highest BCUT2D eigenvalue weighted by molar-refractivity contribution is 5.67. The van der Waals surface area contributed by atoms with Gasteiger partial charge in [-0.15, -0.1) is 0 Å². The van der Waals surface area contributed by atoms with Crippen LogP contribution in [0.15, 0.2) is 60.7 Å². The molecule has 0 saturated heterocycles. The van der Waals surface area contributed by atoms with E-state index in [4.69, 9.17) is 14.2 Å². The number of fused-ring (bicyclic) bond motifs is 7. The van der Waals surface area contributed by atoms with Gasteiger partial charge in [-0.3, -0.25) is 0 Å². The first-order valence-electron chi connectivity index (χ1n) is 12.7. The summed E-state index contributed by atoms with van der Waals surface area (Å²) >= 11 is 0. The van der Waals surface area contributed by atoms with Gasteiger partial charge in [0.25, 0.3) is 0 Å². The maximum Gasteiger partial charge on any atom is 0.305 e. The molecule has 3 heterocycles. The number of phenolic OH excluding ortho intramolecular Hbond substituents is 6. The van der Waals surface area contributed by atoms with E-state index < -0.39 is 30.0 Å². The van der Waals surface area contributed by atoms with Gasteiger partial charge in [0.2, 0.25) is 0 Å². The molecule has 0 amide bonds. The van der Waals surface area contributed by atoms with E-state index >= 15 is 0 Å². The molecule has 41 heavy (non-hydrogen) atoms. The van der Waals surface area contributed by atoms with Crippen LogP contribution in [0.2, 0.25) is 0 Å². The average molecular weight is 561 g/mol. The van der Waals surface area contributed by atoms with Crippen molar-refractivity contribution in [2.45, 2.75) is 36.4 Å². The van der Waals surface area contributed by atoms with Gasteiger partial charge in [-0.1, -0.05) is 6.07 Å². The number of hydrogen-bond donors (Lipinski definition) is 8. The van der Waals surface area contributed by atoms with Crippen molar-refractivity contribution in [1.82, 2.24) is 0 Å². The van der Waals surface area contributed by atoms with Gasteiger partial charge in [0.15, 0.2) is 11.5 Å². The molecule has 0 aliphatic carbocycles. The van der Waals surface area contributed by atoms with Gasteiger partial charge in [0.1, 0.15) is 52.5 Å². The van der Waals surface area contributed by atoms with E-state index in [1.54, 1.807) is 0 Å². The fourth-order valence-corrected chi connectivity index (χ4v) is 6.03. The molecule has 8 N–H and O–H groups in total. The predicted octanol–water partition coefficient (Wildman–Crippen LogP) is 3.09. The van der Waals surface area contributed by atoms with Crippen LogP contribution in [0.1, 0.15) is 39.8 Å². The van der Waals surface area contributed by atoms with Crippen LogP contribution < -0.4 is 14.2 Å². The van der Waals surface area contributed by atoms with Crippen molar-refractivity contribution in [2.24, 2.45) is 0 Å². The van der Waals surface area contributed by atoms with Crippen molar-refractivity contribution in [3.05, 3.63) is 88.5 Å². The van der Waals surface area contributed by atoms with Crippen molar-refractivity contribution in [3.8, 4) is 51.7 Å². The normalized spacial score (nSPS) is 25.5. The molecule has 0 unspecified atom stereocenters. The van der Waals surface area contributed by atoms with Crippen LogP contribution in [-0.2, 0) is 12.2 Å². The summed E-state index contributed by atoms with van der Waals surface area (Å²) in [6.07, 6.45) is -3.71. The van der Waals surface area contributed by atoms with Gasteiger partial charge < -0.3 is 55.1 Å². The lowest BCUT2D eigenvalue weighted by atomic mass is 9.74. The highest BCUT2D eigenvalue weighted by Crippen LogP contribution is 2.61. The molecule has 0 spiro atoms. The SMILES string of the molecule is Oc1ccc([C@]23Oc4cc(O)cc(O)c4[C@H](c4c(cc5c(c4O)C[C@@H](O)[C@@H](c4ccc(O)c(O)c4)O5)O2)[C@H]3O)cc1. The fourth-order valence-electron chi connectivity index (χ4n) is 6.03. The molecule has 0 radical (unpaired) electrons. The van der Waals surface area contributed by atoms with E-state index in [-0.39, 0.29) is 74.9 Å². The molecule has 7 rings (SSSR count). The number of ether oxygens (including phenoxy) is 3. The number of aromatic hydroxyl groups is 6. The zero-order valence-corrected chi connectivity index (χ0v) is 21.1. The summed E-state index contributed by atoms with van der Waals surface area (Å²) < 4.78 is 18.6. The Kier molecular flexibility index (Phi) is 5.18. The summed E-state index contributed by atoms with van der Waals surface area (Å²) in [6, 6.07) is 13.6. The molecule has 210 valence electrons. The molecule has 0 fully saturated rings. The van der Waals surface area contributed by atoms with Gasteiger partial charge in [-0.2, -0.15) is 0 Å². The first kappa shape index (κ1) is 25.0. The molecule has 11 heteroatoms. The molecule has 11 nitrogen and oxygen atoms in total. The van der Waals surface area contributed by atoms with Gasteiger partial charge in [0.05, 0.1) is 12.0 Å². The monoisotopic (exact) mass is 560 g/mol. The number of aliphatic hydroxyl groups excluding tert-OH is 2. The van der Waals surface area contributed by atoms with Gasteiger partial charge in [0, 0.05) is 46.9 Å². The van der Waals surface area contributed by atoms with Crippen LogP contribution in [0.25, 0.3) is 0 Å². The predicted molar refractivity (Wildman–Crippen MR) is 140 cm³/mol. The largest absolute Gasteiger partial charge is 0.508 e. The highest BCUT2D eigenvalue weighted by Gasteiger charge is 2.59. The quantitative estimate of drug-likeness (QED) is 0.168. The van der Waals surface area contributed by atoms with Gasteiger partial charge in [-0.05, 0) is 42.0 Å². The first-order valence-corrected chi connectivity index (χ1v) is 12.7. The molecule has 3 aliphatic heterocycles. The Morgan fingerprint density at radius 2 is 1.37 bits per heavy atom.